The summed E-state index contributed by atoms with van der Waals surface area (Å²) >= 11 is 0. The molecule has 52 valence electrons. The summed E-state index contributed by atoms with van der Waals surface area (Å²) in [6, 6.07) is -0.0687. The van der Waals surface area contributed by atoms with E-state index in [0.717, 1.165) is 5.01 Å². The van der Waals surface area contributed by atoms with Crippen LogP contribution in [0.5, 0.6) is 0 Å². The number of nitrogens with zero attached hydrogens (tertiary/aromatic N) is 1. The third-order valence-corrected chi connectivity index (χ3v) is 1.16. The van der Waals surface area contributed by atoms with Gasteiger partial charge in [0, 0.05) is 6.04 Å². The number of amides is 2. The van der Waals surface area contributed by atoms with Crippen LogP contribution in [0.4, 0.5) is 4.79 Å². The summed E-state index contributed by atoms with van der Waals surface area (Å²) in [6.45, 7) is 2.48. The van der Waals surface area contributed by atoms with Crippen molar-refractivity contribution in [3.05, 3.63) is 0 Å². The minimum absolute atomic E-state index is 0.215. The van der Waals surface area contributed by atoms with Gasteiger partial charge in [-0.2, -0.15) is 0 Å². The lowest BCUT2D eigenvalue weighted by Gasteiger charge is -2.28. The number of nitrogens with two attached hydrogens (primary N) is 1. The van der Waals surface area contributed by atoms with Gasteiger partial charge in [-0.3, -0.25) is 10.4 Å². The highest BCUT2D eigenvalue weighted by Gasteiger charge is 2.17. The molecule has 0 bridgehead atoms. The Hall–Kier alpha value is -0.810. The van der Waals surface area contributed by atoms with Gasteiger partial charge >= 0.3 is 6.03 Å². The van der Waals surface area contributed by atoms with Crippen LogP contribution in [0.15, 0.2) is 0 Å². The molecule has 0 aromatic heterocycles. The van der Waals surface area contributed by atoms with E-state index in [4.69, 9.17) is 5.84 Å². The smallest absolute Gasteiger partial charge is 0.272 e. The molecule has 0 spiro atoms. The fourth-order valence-electron chi connectivity index (χ4n) is 0.680. The monoisotopic (exact) mass is 130 g/mol. The topological polar surface area (TPSA) is 70.4 Å². The maximum absolute atomic E-state index is 10.6. The number of rotatable bonds is 0. The summed E-state index contributed by atoms with van der Waals surface area (Å²) in [5.41, 5.74) is 5.13. The Kier molecular flexibility index (Phi) is 1.54. The van der Waals surface area contributed by atoms with Gasteiger partial charge in [0.2, 0.25) is 0 Å². The first-order valence-corrected chi connectivity index (χ1v) is 2.78. The van der Waals surface area contributed by atoms with E-state index in [1.165, 1.54) is 0 Å². The first-order valence-electron chi connectivity index (χ1n) is 2.78. The van der Waals surface area contributed by atoms with Crippen molar-refractivity contribution in [2.75, 3.05) is 6.54 Å². The van der Waals surface area contributed by atoms with Crippen molar-refractivity contribution in [3.8, 4) is 0 Å². The third kappa shape index (κ3) is 1.30. The number of hydrogen-bond acceptors (Lipinski definition) is 3. The van der Waals surface area contributed by atoms with Crippen LogP contribution in [-0.2, 0) is 0 Å². The minimum atomic E-state index is -0.284. The van der Waals surface area contributed by atoms with E-state index in [0.29, 0.717) is 6.54 Å². The summed E-state index contributed by atoms with van der Waals surface area (Å²) in [5.74, 6) is 5.25. The quantitative estimate of drug-likeness (QED) is 0.284. The van der Waals surface area contributed by atoms with Crippen LogP contribution in [0, 0.1) is 0 Å². The summed E-state index contributed by atoms with van der Waals surface area (Å²) in [4.78, 5) is 10.6. The molecule has 1 rings (SSSR count). The van der Waals surface area contributed by atoms with Crippen LogP contribution < -0.4 is 16.7 Å². The maximum atomic E-state index is 10.6. The molecule has 1 heterocycles. The van der Waals surface area contributed by atoms with Gasteiger partial charge in [0.15, 0.2) is 0 Å². The molecular formula is C4H10N4O. The molecule has 5 nitrogen and oxygen atoms in total. The molecule has 0 aromatic rings. The Morgan fingerprint density at radius 1 is 1.89 bits per heavy atom. The van der Waals surface area contributed by atoms with Crippen molar-refractivity contribution in [3.63, 3.8) is 0 Å². The van der Waals surface area contributed by atoms with Crippen LogP contribution in [0.2, 0.25) is 0 Å². The second-order valence-electron chi connectivity index (χ2n) is 2.13. The van der Waals surface area contributed by atoms with E-state index in [9.17, 15) is 4.79 Å². The van der Waals surface area contributed by atoms with Crippen LogP contribution in [0.1, 0.15) is 6.92 Å². The molecule has 4 N–H and O–H groups in total. The lowest BCUT2D eigenvalue weighted by molar-refractivity contribution is 0.165. The van der Waals surface area contributed by atoms with Gasteiger partial charge in [0.1, 0.15) is 0 Å². The predicted octanol–water partition coefficient (Wildman–Crippen LogP) is -1.22. The van der Waals surface area contributed by atoms with Gasteiger partial charge in [-0.1, -0.05) is 0 Å². The number of hydrogen-bond donors (Lipinski definition) is 3. The number of carbonyl (C=O) groups excluding carboxylic acids is 1. The summed E-state index contributed by atoms with van der Waals surface area (Å²) in [5, 5.41) is 1.14. The average Bonchev–Trinajstić information content (AvgIpc) is 1.80. The van der Waals surface area contributed by atoms with E-state index in [-0.39, 0.29) is 12.1 Å². The third-order valence-electron chi connectivity index (χ3n) is 1.16. The standard InChI is InChI=1S/C4H10N4O/c1-3-2-8(5)4(9)7-6-3/h3,6H,2,5H2,1H3,(H,7,9)/t3-/m0/s1. The molecule has 2 amide bonds. The predicted molar refractivity (Wildman–Crippen MR) is 32.0 cm³/mol. The molecule has 0 radical (unpaired) electrons. The molecule has 9 heavy (non-hydrogen) atoms. The van der Waals surface area contributed by atoms with E-state index < -0.39 is 0 Å². The highest BCUT2D eigenvalue weighted by atomic mass is 16.2. The number of urea groups is 1. The second kappa shape index (κ2) is 2.20. The van der Waals surface area contributed by atoms with Gasteiger partial charge in [-0.05, 0) is 6.92 Å². The Balaban J connectivity index is 2.44. The van der Waals surface area contributed by atoms with E-state index in [2.05, 4.69) is 10.9 Å². The largest absolute Gasteiger partial charge is 0.345 e. The molecule has 1 aliphatic heterocycles. The average molecular weight is 130 g/mol. The van der Waals surface area contributed by atoms with Crippen molar-refractivity contribution in [1.82, 2.24) is 15.9 Å². The van der Waals surface area contributed by atoms with Crippen molar-refractivity contribution in [2.24, 2.45) is 5.84 Å². The zero-order valence-corrected chi connectivity index (χ0v) is 5.22. The highest BCUT2D eigenvalue weighted by molar-refractivity contribution is 5.73. The molecule has 1 saturated heterocycles. The lowest BCUT2D eigenvalue weighted by Crippen LogP contribution is -2.61. The molecule has 1 atom stereocenters. The van der Waals surface area contributed by atoms with E-state index in [1.54, 1.807) is 0 Å². The van der Waals surface area contributed by atoms with Crippen LogP contribution >= 0.6 is 0 Å². The molecule has 1 aliphatic rings. The Morgan fingerprint density at radius 3 is 3.00 bits per heavy atom. The number of hydrazine groups is 2. The minimum Gasteiger partial charge on any atom is -0.272 e. The highest BCUT2D eigenvalue weighted by Crippen LogP contribution is 1.89. The zero-order valence-electron chi connectivity index (χ0n) is 5.22. The molecule has 1 fully saturated rings. The number of carbonyl (C=O) groups is 1. The summed E-state index contributed by atoms with van der Waals surface area (Å²) in [6.07, 6.45) is 0. The molecule has 5 heteroatoms. The Labute approximate surface area is 53.1 Å². The first-order chi connectivity index (χ1) is 4.20. The molecular weight excluding hydrogens is 120 g/mol. The molecule has 0 unspecified atom stereocenters. The molecule has 0 aromatic carbocycles. The Bertz CT molecular complexity index is 126. The normalized spacial score (nSPS) is 28.0. The van der Waals surface area contributed by atoms with Gasteiger partial charge in [-0.25, -0.2) is 16.1 Å². The SMILES string of the molecule is C[C@H]1CN(N)C(=O)NN1. The van der Waals surface area contributed by atoms with Gasteiger partial charge in [-0.15, -0.1) is 0 Å². The van der Waals surface area contributed by atoms with Crippen LogP contribution in [-0.4, -0.2) is 23.6 Å². The van der Waals surface area contributed by atoms with Gasteiger partial charge in [0.05, 0.1) is 6.54 Å². The van der Waals surface area contributed by atoms with Crippen molar-refractivity contribution in [2.45, 2.75) is 13.0 Å². The molecule has 0 saturated carbocycles. The van der Waals surface area contributed by atoms with Gasteiger partial charge < -0.3 is 0 Å². The van der Waals surface area contributed by atoms with Crippen LogP contribution in [0.3, 0.4) is 0 Å². The fourth-order valence-corrected chi connectivity index (χ4v) is 0.680. The number of nitrogens with one attached hydrogen (secondary N) is 2. The van der Waals surface area contributed by atoms with Crippen LogP contribution in [0.25, 0.3) is 0 Å². The summed E-state index contributed by atoms with van der Waals surface area (Å²) in [7, 11) is 0. The first kappa shape index (κ1) is 6.31. The van der Waals surface area contributed by atoms with Gasteiger partial charge in [0.25, 0.3) is 0 Å². The maximum Gasteiger partial charge on any atom is 0.345 e. The Morgan fingerprint density at radius 2 is 2.56 bits per heavy atom. The van der Waals surface area contributed by atoms with Crippen molar-refractivity contribution in [1.29, 1.82) is 0 Å². The van der Waals surface area contributed by atoms with E-state index in [1.807, 2.05) is 6.92 Å². The van der Waals surface area contributed by atoms with Crippen molar-refractivity contribution < 1.29 is 4.79 Å². The van der Waals surface area contributed by atoms with Crippen molar-refractivity contribution >= 4 is 6.03 Å². The second-order valence-corrected chi connectivity index (χ2v) is 2.13. The van der Waals surface area contributed by atoms with E-state index >= 15 is 0 Å². The lowest BCUT2D eigenvalue weighted by atomic mass is 10.3. The molecule has 0 aliphatic carbocycles. The zero-order chi connectivity index (χ0) is 6.85. The fraction of sp³-hybridized carbons (Fsp3) is 0.750. The summed E-state index contributed by atoms with van der Waals surface area (Å²) < 4.78 is 0.